The van der Waals surface area contributed by atoms with Crippen LogP contribution in [0.3, 0.4) is 0 Å². The summed E-state index contributed by atoms with van der Waals surface area (Å²) < 4.78 is 48.4. The number of hydrogen-bond acceptors (Lipinski definition) is 15. The number of esters is 1. The third-order valence-corrected chi connectivity index (χ3v) is 7.39. The van der Waals surface area contributed by atoms with Crippen molar-refractivity contribution < 1.29 is 66.6 Å². The van der Waals surface area contributed by atoms with E-state index in [1.807, 2.05) is 0 Å². The molecule has 286 valence electrons. The molecule has 2 aliphatic heterocycles. The molecule has 2 heterocycles. The van der Waals surface area contributed by atoms with Gasteiger partial charge in [0.25, 0.3) is 11.8 Å². The van der Waals surface area contributed by atoms with Gasteiger partial charge in [-0.25, -0.2) is 0 Å². The molecule has 4 amide bonds. The third-order valence-electron chi connectivity index (χ3n) is 7.39. The first kappa shape index (κ1) is 41.9. The van der Waals surface area contributed by atoms with E-state index >= 15 is 0 Å². The van der Waals surface area contributed by atoms with E-state index in [0.717, 1.165) is 4.90 Å². The Balaban J connectivity index is 1.05. The number of rotatable bonds is 30. The molecule has 1 unspecified atom stereocenters. The van der Waals surface area contributed by atoms with E-state index in [2.05, 4.69) is 10.6 Å². The summed E-state index contributed by atoms with van der Waals surface area (Å²) in [5.74, 6) is -2.44. The predicted octanol–water partition coefficient (Wildman–Crippen LogP) is 0.586. The summed E-state index contributed by atoms with van der Waals surface area (Å²) in [5.41, 5.74) is 0.899. The molecule has 3 rings (SSSR count). The number of piperidine rings is 1. The number of ether oxygens (including phenoxy) is 9. The number of hydrogen-bond donors (Lipinski definition) is 2. The summed E-state index contributed by atoms with van der Waals surface area (Å²) in [5, 5.41) is 5.32. The molecule has 2 aliphatic rings. The van der Waals surface area contributed by atoms with Crippen molar-refractivity contribution >= 4 is 35.3 Å². The first-order chi connectivity index (χ1) is 24.9. The molecule has 1 aromatic rings. The second-order valence-corrected chi connectivity index (χ2v) is 11.1. The Hall–Kier alpha value is -3.55. The van der Waals surface area contributed by atoms with Crippen molar-refractivity contribution in [3.05, 3.63) is 29.3 Å². The van der Waals surface area contributed by atoms with Crippen LogP contribution in [0.2, 0.25) is 0 Å². The molecule has 0 spiro atoms. The first-order valence-electron chi connectivity index (χ1n) is 17.3. The molecule has 2 N–H and O–H groups in total. The van der Waals surface area contributed by atoms with Crippen LogP contribution >= 0.6 is 0 Å². The lowest BCUT2D eigenvalue weighted by molar-refractivity contribution is -0.144. The predicted molar refractivity (Wildman–Crippen MR) is 179 cm³/mol. The number of nitrogens with one attached hydrogen (secondary N) is 2. The van der Waals surface area contributed by atoms with Crippen LogP contribution in [-0.4, -0.2) is 159 Å². The minimum atomic E-state index is -1.01. The number of benzene rings is 1. The van der Waals surface area contributed by atoms with Gasteiger partial charge in [0.1, 0.15) is 6.04 Å². The molecule has 17 nitrogen and oxygen atoms in total. The summed E-state index contributed by atoms with van der Waals surface area (Å²) in [7, 11) is 0. The second-order valence-electron chi connectivity index (χ2n) is 11.1. The van der Waals surface area contributed by atoms with Gasteiger partial charge in [0.05, 0.1) is 130 Å². The van der Waals surface area contributed by atoms with Crippen molar-refractivity contribution in [2.75, 3.05) is 124 Å². The van der Waals surface area contributed by atoms with Crippen molar-refractivity contribution in [2.24, 2.45) is 0 Å². The van der Waals surface area contributed by atoms with E-state index in [1.54, 1.807) is 25.1 Å². The molecule has 51 heavy (non-hydrogen) atoms. The SMILES string of the molecule is CCOC(=O)CCOCCOCCOCCOCCOCCOCCOCCOCCNc1cccc2c1C(=O)N(C1CCC(=O)NC1=O)C2=O. The zero-order valence-corrected chi connectivity index (χ0v) is 29.3. The van der Waals surface area contributed by atoms with Crippen molar-refractivity contribution in [3.63, 3.8) is 0 Å². The van der Waals surface area contributed by atoms with Crippen LogP contribution < -0.4 is 10.6 Å². The van der Waals surface area contributed by atoms with Crippen LogP contribution in [0.1, 0.15) is 46.9 Å². The van der Waals surface area contributed by atoms with Gasteiger partial charge in [-0.15, -0.1) is 0 Å². The maximum Gasteiger partial charge on any atom is 0.308 e. The van der Waals surface area contributed by atoms with Crippen LogP contribution in [-0.2, 0) is 57.0 Å². The Labute approximate surface area is 297 Å². The maximum atomic E-state index is 13.1. The van der Waals surface area contributed by atoms with Crippen molar-refractivity contribution in [1.82, 2.24) is 10.2 Å². The summed E-state index contributed by atoms with van der Waals surface area (Å²) in [6, 6.07) is 3.89. The maximum absolute atomic E-state index is 13.1. The number of carbonyl (C=O) groups excluding carboxylic acids is 5. The van der Waals surface area contributed by atoms with Crippen molar-refractivity contribution in [2.45, 2.75) is 32.2 Å². The fourth-order valence-electron chi connectivity index (χ4n) is 4.95. The van der Waals surface area contributed by atoms with Gasteiger partial charge in [0, 0.05) is 18.7 Å². The van der Waals surface area contributed by atoms with Crippen LogP contribution in [0.4, 0.5) is 5.69 Å². The minimum absolute atomic E-state index is 0.0640. The molecule has 1 fully saturated rings. The van der Waals surface area contributed by atoms with Gasteiger partial charge < -0.3 is 47.9 Å². The first-order valence-corrected chi connectivity index (χ1v) is 17.3. The van der Waals surface area contributed by atoms with Gasteiger partial charge >= 0.3 is 5.97 Å². The minimum Gasteiger partial charge on any atom is -0.466 e. The highest BCUT2D eigenvalue weighted by atomic mass is 16.6. The quantitative estimate of drug-likeness (QED) is 0.0635. The van der Waals surface area contributed by atoms with Gasteiger partial charge in [0.2, 0.25) is 11.8 Å². The molecule has 1 aromatic carbocycles. The topological polar surface area (TPSA) is 196 Å². The summed E-state index contributed by atoms with van der Waals surface area (Å²) >= 11 is 0. The molecule has 0 bridgehead atoms. The van der Waals surface area contributed by atoms with Crippen molar-refractivity contribution in [1.29, 1.82) is 0 Å². The van der Waals surface area contributed by atoms with E-state index in [1.165, 1.54) is 0 Å². The molecular formula is C34H51N3O14. The van der Waals surface area contributed by atoms with Gasteiger partial charge in [-0.05, 0) is 25.5 Å². The lowest BCUT2D eigenvalue weighted by Gasteiger charge is -2.27. The van der Waals surface area contributed by atoms with Crippen LogP contribution in [0.15, 0.2) is 18.2 Å². The molecular weight excluding hydrogens is 674 g/mol. The second kappa shape index (κ2) is 25.4. The average Bonchev–Trinajstić information content (AvgIpc) is 3.37. The Bertz CT molecular complexity index is 1230. The summed E-state index contributed by atoms with van der Waals surface area (Å²) in [6.45, 7) is 9.22. The summed E-state index contributed by atoms with van der Waals surface area (Å²) in [6.07, 6.45) is 0.406. The number of amides is 4. The van der Waals surface area contributed by atoms with E-state index in [9.17, 15) is 24.0 Å². The number of carbonyl (C=O) groups is 5. The zero-order chi connectivity index (χ0) is 36.5. The normalized spacial score (nSPS) is 15.7. The van der Waals surface area contributed by atoms with Gasteiger partial charge in [0.15, 0.2) is 0 Å². The molecule has 0 aliphatic carbocycles. The number of imide groups is 2. The standard InChI is InChI=1S/C34H51N3O14/c1-2-51-30(39)8-10-43-12-14-45-16-18-47-20-22-49-24-25-50-23-21-48-19-17-46-15-13-44-11-9-35-27-5-3-4-26-31(27)34(42)37(33(26)41)28-6-7-29(38)36-32(28)40/h3-5,28,35H,2,6-25H2,1H3,(H,36,38,40). The lowest BCUT2D eigenvalue weighted by atomic mass is 10.0. The Morgan fingerprint density at radius 1 is 0.706 bits per heavy atom. The zero-order valence-electron chi connectivity index (χ0n) is 29.3. The monoisotopic (exact) mass is 725 g/mol. The molecule has 0 radical (unpaired) electrons. The molecule has 0 saturated carbocycles. The smallest absolute Gasteiger partial charge is 0.308 e. The highest BCUT2D eigenvalue weighted by Gasteiger charge is 2.45. The number of fused-ring (bicyclic) bond motifs is 1. The fourth-order valence-corrected chi connectivity index (χ4v) is 4.95. The average molecular weight is 726 g/mol. The fraction of sp³-hybridized carbons (Fsp3) is 0.676. The van der Waals surface area contributed by atoms with Crippen LogP contribution in [0, 0.1) is 0 Å². The van der Waals surface area contributed by atoms with E-state index in [0.29, 0.717) is 125 Å². The largest absolute Gasteiger partial charge is 0.466 e. The Morgan fingerprint density at radius 3 is 1.69 bits per heavy atom. The van der Waals surface area contributed by atoms with E-state index in [4.69, 9.17) is 42.6 Å². The Kier molecular flexibility index (Phi) is 20.9. The van der Waals surface area contributed by atoms with Gasteiger partial charge in [-0.2, -0.15) is 0 Å². The van der Waals surface area contributed by atoms with E-state index < -0.39 is 29.7 Å². The highest BCUT2D eigenvalue weighted by Crippen LogP contribution is 2.32. The number of nitrogens with zero attached hydrogens (tertiary/aromatic N) is 1. The molecule has 0 aromatic heterocycles. The third kappa shape index (κ3) is 15.7. The molecule has 17 heteroatoms. The van der Waals surface area contributed by atoms with Crippen LogP contribution in [0.25, 0.3) is 0 Å². The molecule has 1 atom stereocenters. The van der Waals surface area contributed by atoms with Gasteiger partial charge in [-0.1, -0.05) is 6.07 Å². The Morgan fingerprint density at radius 2 is 1.20 bits per heavy atom. The lowest BCUT2D eigenvalue weighted by Crippen LogP contribution is -2.54. The van der Waals surface area contributed by atoms with Gasteiger partial charge in [-0.3, -0.25) is 34.2 Å². The summed E-state index contributed by atoms with van der Waals surface area (Å²) in [4.78, 5) is 62.0. The molecule has 1 saturated heterocycles. The van der Waals surface area contributed by atoms with E-state index in [-0.39, 0.29) is 36.4 Å². The van der Waals surface area contributed by atoms with Crippen molar-refractivity contribution in [3.8, 4) is 0 Å². The van der Waals surface area contributed by atoms with Crippen LogP contribution in [0.5, 0.6) is 0 Å². The highest BCUT2D eigenvalue weighted by molar-refractivity contribution is 6.25. The number of anilines is 1.